The molecule has 2 aromatic rings. The molecule has 2 heterocycles. The Kier molecular flexibility index (Phi) is 4.55. The van der Waals surface area contributed by atoms with Gasteiger partial charge in [-0.3, -0.25) is 0 Å². The van der Waals surface area contributed by atoms with Crippen LogP contribution in [0, 0.1) is 18.3 Å². The first-order valence-electron chi connectivity index (χ1n) is 7.68. The second kappa shape index (κ2) is 6.76. The van der Waals surface area contributed by atoms with E-state index in [0.717, 1.165) is 41.3 Å². The van der Waals surface area contributed by atoms with Gasteiger partial charge < -0.3 is 5.32 Å². The molecule has 1 saturated heterocycles. The Bertz CT molecular complexity index is 710. The molecule has 112 valence electrons. The third kappa shape index (κ3) is 3.20. The smallest absolute Gasteiger partial charge is 0.136 e. The van der Waals surface area contributed by atoms with E-state index in [-0.39, 0.29) is 0 Å². The molecule has 1 aromatic carbocycles. The van der Waals surface area contributed by atoms with Crippen molar-refractivity contribution in [2.45, 2.75) is 32.6 Å². The Labute approximate surface area is 135 Å². The molecule has 1 fully saturated rings. The zero-order valence-electron chi connectivity index (χ0n) is 12.7. The van der Waals surface area contributed by atoms with Crippen LogP contribution in [0.4, 0.5) is 0 Å². The average Bonchev–Trinajstić information content (AvgIpc) is 2.85. The van der Waals surface area contributed by atoms with Gasteiger partial charge in [0.1, 0.15) is 16.6 Å². The number of benzene rings is 1. The summed E-state index contributed by atoms with van der Waals surface area (Å²) in [6.45, 7) is 3.03. The topological polar surface area (TPSA) is 48.7 Å². The third-order valence-electron chi connectivity index (χ3n) is 3.92. The minimum atomic E-state index is 0.713. The number of hydrogen-bond acceptors (Lipinski definition) is 4. The lowest BCUT2D eigenvalue weighted by atomic mass is 10.1. The maximum Gasteiger partial charge on any atom is 0.136 e. The maximum atomic E-state index is 9.56. The fourth-order valence-electron chi connectivity index (χ4n) is 2.63. The van der Waals surface area contributed by atoms with E-state index < -0.39 is 0 Å². The first-order chi connectivity index (χ1) is 10.8. The lowest BCUT2D eigenvalue weighted by Crippen LogP contribution is -2.13. The van der Waals surface area contributed by atoms with E-state index in [2.05, 4.69) is 47.6 Å². The molecule has 0 spiro atoms. The predicted octanol–water partition coefficient (Wildman–Crippen LogP) is 4.52. The fourth-order valence-corrected chi connectivity index (χ4v) is 3.48. The summed E-state index contributed by atoms with van der Waals surface area (Å²) in [6, 6.07) is 10.7. The molecule has 4 heteroatoms. The second-order valence-electron chi connectivity index (χ2n) is 5.61. The number of nitrogens with zero attached hydrogens (tertiary/aromatic N) is 2. The summed E-state index contributed by atoms with van der Waals surface area (Å²) in [5.74, 6) is 0. The molecule has 1 N–H and O–H groups in total. The van der Waals surface area contributed by atoms with Crippen molar-refractivity contribution in [3.8, 4) is 17.3 Å². The summed E-state index contributed by atoms with van der Waals surface area (Å²) in [6.07, 6.45) is 4.49. The summed E-state index contributed by atoms with van der Waals surface area (Å²) in [7, 11) is 0. The molecule has 3 rings (SSSR count). The van der Waals surface area contributed by atoms with Crippen molar-refractivity contribution >= 4 is 16.9 Å². The SMILES string of the molecule is Cc1ccc(-c2csc(C(C#N)=C3CCCCCN3)n2)cc1. The van der Waals surface area contributed by atoms with Gasteiger partial charge in [-0.1, -0.05) is 36.2 Å². The van der Waals surface area contributed by atoms with E-state index in [4.69, 9.17) is 0 Å². The van der Waals surface area contributed by atoms with Crippen LogP contribution in [0.25, 0.3) is 16.8 Å². The molecule has 1 aliphatic heterocycles. The van der Waals surface area contributed by atoms with Crippen LogP contribution in [0.3, 0.4) is 0 Å². The average molecular weight is 309 g/mol. The number of nitriles is 1. The zero-order valence-corrected chi connectivity index (χ0v) is 13.5. The van der Waals surface area contributed by atoms with E-state index >= 15 is 0 Å². The third-order valence-corrected chi connectivity index (χ3v) is 4.78. The van der Waals surface area contributed by atoms with Crippen LogP contribution < -0.4 is 5.32 Å². The summed E-state index contributed by atoms with van der Waals surface area (Å²) < 4.78 is 0. The van der Waals surface area contributed by atoms with E-state index in [0.29, 0.717) is 5.57 Å². The van der Waals surface area contributed by atoms with Crippen molar-refractivity contribution in [2.24, 2.45) is 0 Å². The molecule has 0 bridgehead atoms. The molecular formula is C18H19N3S. The zero-order chi connectivity index (χ0) is 15.4. The lowest BCUT2D eigenvalue weighted by molar-refractivity contribution is 0.721. The molecule has 0 aliphatic carbocycles. The number of rotatable bonds is 2. The number of hydrogen-bond donors (Lipinski definition) is 1. The largest absolute Gasteiger partial charge is 0.387 e. The van der Waals surface area contributed by atoms with Gasteiger partial charge in [0.25, 0.3) is 0 Å². The van der Waals surface area contributed by atoms with Crippen LogP contribution in [0.1, 0.15) is 36.3 Å². The highest BCUT2D eigenvalue weighted by Gasteiger charge is 2.15. The minimum absolute atomic E-state index is 0.713. The van der Waals surface area contributed by atoms with Gasteiger partial charge in [0, 0.05) is 23.2 Å². The van der Waals surface area contributed by atoms with Gasteiger partial charge in [0.05, 0.1) is 5.69 Å². The second-order valence-corrected chi connectivity index (χ2v) is 6.46. The summed E-state index contributed by atoms with van der Waals surface area (Å²) in [5, 5.41) is 15.8. The molecule has 1 aromatic heterocycles. The predicted molar refractivity (Wildman–Crippen MR) is 91.3 cm³/mol. The Balaban J connectivity index is 1.93. The molecule has 0 amide bonds. The van der Waals surface area contributed by atoms with Crippen molar-refractivity contribution in [2.75, 3.05) is 6.54 Å². The van der Waals surface area contributed by atoms with Crippen molar-refractivity contribution in [3.05, 3.63) is 45.9 Å². The number of aryl methyl sites for hydroxylation is 1. The maximum absolute atomic E-state index is 9.56. The van der Waals surface area contributed by atoms with E-state index in [1.54, 1.807) is 11.3 Å². The normalized spacial score (nSPS) is 17.3. The van der Waals surface area contributed by atoms with Crippen LogP contribution in [-0.4, -0.2) is 11.5 Å². The van der Waals surface area contributed by atoms with E-state index in [9.17, 15) is 5.26 Å². The van der Waals surface area contributed by atoms with Crippen molar-refractivity contribution in [3.63, 3.8) is 0 Å². The molecule has 0 atom stereocenters. The summed E-state index contributed by atoms with van der Waals surface area (Å²) in [5.41, 5.74) is 5.06. The molecule has 22 heavy (non-hydrogen) atoms. The Morgan fingerprint density at radius 1 is 1.23 bits per heavy atom. The van der Waals surface area contributed by atoms with E-state index in [1.165, 1.54) is 18.4 Å². The highest BCUT2D eigenvalue weighted by atomic mass is 32.1. The van der Waals surface area contributed by atoms with E-state index in [1.807, 2.05) is 5.38 Å². The van der Waals surface area contributed by atoms with Crippen LogP contribution in [0.15, 0.2) is 35.3 Å². The van der Waals surface area contributed by atoms with Crippen molar-refractivity contribution in [1.82, 2.24) is 10.3 Å². The summed E-state index contributed by atoms with van der Waals surface area (Å²) in [4.78, 5) is 4.69. The van der Waals surface area contributed by atoms with Crippen LogP contribution in [-0.2, 0) is 0 Å². The Morgan fingerprint density at radius 2 is 2.05 bits per heavy atom. The molecule has 0 radical (unpaired) electrons. The molecule has 3 nitrogen and oxygen atoms in total. The van der Waals surface area contributed by atoms with Gasteiger partial charge in [-0.05, 0) is 26.2 Å². The highest BCUT2D eigenvalue weighted by molar-refractivity contribution is 7.11. The Hall–Kier alpha value is -2.12. The van der Waals surface area contributed by atoms with Crippen molar-refractivity contribution < 1.29 is 0 Å². The van der Waals surface area contributed by atoms with Gasteiger partial charge in [-0.15, -0.1) is 11.3 Å². The molecule has 0 saturated carbocycles. The Morgan fingerprint density at radius 3 is 2.82 bits per heavy atom. The number of aromatic nitrogens is 1. The number of allylic oxidation sites excluding steroid dienone is 2. The summed E-state index contributed by atoms with van der Waals surface area (Å²) >= 11 is 1.55. The first-order valence-corrected chi connectivity index (χ1v) is 8.56. The van der Waals surface area contributed by atoms with Gasteiger partial charge in [0.2, 0.25) is 0 Å². The van der Waals surface area contributed by atoms with Crippen molar-refractivity contribution in [1.29, 1.82) is 5.26 Å². The highest BCUT2D eigenvalue weighted by Crippen LogP contribution is 2.29. The van der Waals surface area contributed by atoms with Gasteiger partial charge in [0.15, 0.2) is 0 Å². The lowest BCUT2D eigenvalue weighted by Gasteiger charge is -2.07. The van der Waals surface area contributed by atoms with Gasteiger partial charge in [-0.25, -0.2) is 4.98 Å². The quantitative estimate of drug-likeness (QED) is 0.830. The standard InChI is InChI=1S/C18H19N3S/c1-13-6-8-14(9-7-13)17-12-22-18(21-17)15(11-19)16-5-3-2-4-10-20-16/h6-9,12,20H,2-5,10H2,1H3. The fraction of sp³-hybridized carbons (Fsp3) is 0.333. The van der Waals surface area contributed by atoms with Gasteiger partial charge >= 0.3 is 0 Å². The number of nitrogens with one attached hydrogen (secondary N) is 1. The molecule has 1 aliphatic rings. The number of thiazole rings is 1. The minimum Gasteiger partial charge on any atom is -0.387 e. The molecule has 0 unspecified atom stereocenters. The first kappa shape index (κ1) is 14.8. The van der Waals surface area contributed by atoms with Crippen LogP contribution in [0.2, 0.25) is 0 Å². The molecular weight excluding hydrogens is 290 g/mol. The van der Waals surface area contributed by atoms with Crippen LogP contribution in [0.5, 0.6) is 0 Å². The van der Waals surface area contributed by atoms with Crippen LogP contribution >= 0.6 is 11.3 Å². The van der Waals surface area contributed by atoms with Gasteiger partial charge in [-0.2, -0.15) is 5.26 Å². The monoisotopic (exact) mass is 309 g/mol.